The van der Waals surface area contributed by atoms with E-state index in [0.29, 0.717) is 6.10 Å². The van der Waals surface area contributed by atoms with Gasteiger partial charge in [-0.05, 0) is 38.7 Å². The molecule has 1 saturated carbocycles. The van der Waals surface area contributed by atoms with E-state index in [0.717, 1.165) is 50.8 Å². The van der Waals surface area contributed by atoms with Gasteiger partial charge in [0.25, 0.3) is 0 Å². The first-order chi connectivity index (χ1) is 12.2. The molecule has 138 valence electrons. The number of hydrogen-bond acceptors (Lipinski definition) is 3. The third-order valence-electron chi connectivity index (χ3n) is 5.47. The minimum absolute atomic E-state index is 0.187. The van der Waals surface area contributed by atoms with E-state index in [4.69, 9.17) is 9.47 Å². The molecule has 5 nitrogen and oxygen atoms in total. The number of guanidine groups is 1. The monoisotopic (exact) mass is 345 g/mol. The molecule has 0 spiro atoms. The molecular formula is C20H31N3O2. The van der Waals surface area contributed by atoms with Gasteiger partial charge in [0.1, 0.15) is 5.75 Å². The number of methoxy groups -OCH3 is 1. The molecule has 0 unspecified atom stereocenters. The second-order valence-electron chi connectivity index (χ2n) is 7.02. The fourth-order valence-corrected chi connectivity index (χ4v) is 3.83. The van der Waals surface area contributed by atoms with Crippen molar-refractivity contribution in [3.05, 3.63) is 29.8 Å². The molecule has 1 aromatic carbocycles. The van der Waals surface area contributed by atoms with Crippen LogP contribution in [0.2, 0.25) is 0 Å². The van der Waals surface area contributed by atoms with Gasteiger partial charge in [-0.2, -0.15) is 0 Å². The van der Waals surface area contributed by atoms with Crippen molar-refractivity contribution in [1.29, 1.82) is 0 Å². The largest absolute Gasteiger partial charge is 0.496 e. The summed E-state index contributed by atoms with van der Waals surface area (Å²) in [6.45, 7) is 5.79. The van der Waals surface area contributed by atoms with Crippen molar-refractivity contribution in [2.24, 2.45) is 4.99 Å². The molecule has 1 aliphatic carbocycles. The summed E-state index contributed by atoms with van der Waals surface area (Å²) < 4.78 is 11.3. The Bertz CT molecular complexity index is 590. The first kappa shape index (κ1) is 18.1. The predicted octanol–water partition coefficient (Wildman–Crippen LogP) is 2.80. The number of ether oxygens (including phenoxy) is 2. The Balaban J connectivity index is 1.59. The van der Waals surface area contributed by atoms with Crippen molar-refractivity contribution in [2.45, 2.75) is 44.1 Å². The number of likely N-dealkylation sites (tertiary alicyclic amines) is 1. The predicted molar refractivity (Wildman–Crippen MR) is 101 cm³/mol. The summed E-state index contributed by atoms with van der Waals surface area (Å²) in [6.07, 6.45) is 4.95. The lowest BCUT2D eigenvalue weighted by Crippen LogP contribution is -2.48. The third-order valence-corrected chi connectivity index (χ3v) is 5.47. The Morgan fingerprint density at radius 2 is 2.00 bits per heavy atom. The summed E-state index contributed by atoms with van der Waals surface area (Å²) in [5.74, 6) is 2.01. The standard InChI is InChI=1S/C20H31N3O2/c1-4-25-16-9-13-23(14-10-16)19(21-2)22-15-20(11-12-20)17-7-5-6-8-18(17)24-3/h5-8,16H,4,9-15H2,1-3H3,(H,21,22). The van der Waals surface area contributed by atoms with Gasteiger partial charge in [-0.3, -0.25) is 4.99 Å². The van der Waals surface area contributed by atoms with Crippen molar-refractivity contribution >= 4 is 5.96 Å². The number of rotatable bonds is 6. The Hall–Kier alpha value is -1.75. The molecular weight excluding hydrogens is 314 g/mol. The second kappa shape index (κ2) is 8.09. The van der Waals surface area contributed by atoms with E-state index in [1.807, 2.05) is 13.1 Å². The lowest BCUT2D eigenvalue weighted by Gasteiger charge is -2.34. The molecule has 0 bridgehead atoms. The van der Waals surface area contributed by atoms with E-state index >= 15 is 0 Å². The van der Waals surface area contributed by atoms with Crippen LogP contribution in [0.3, 0.4) is 0 Å². The molecule has 0 radical (unpaired) electrons. The third kappa shape index (κ3) is 4.09. The maximum Gasteiger partial charge on any atom is 0.193 e. The van der Waals surface area contributed by atoms with Gasteiger partial charge in [-0.25, -0.2) is 0 Å². The Morgan fingerprint density at radius 1 is 1.28 bits per heavy atom. The van der Waals surface area contributed by atoms with Crippen LogP contribution in [0, 0.1) is 0 Å². The number of nitrogens with zero attached hydrogens (tertiary/aromatic N) is 2. The van der Waals surface area contributed by atoms with Crippen molar-refractivity contribution in [1.82, 2.24) is 10.2 Å². The fraction of sp³-hybridized carbons (Fsp3) is 0.650. The number of para-hydroxylation sites is 1. The van der Waals surface area contributed by atoms with Crippen LogP contribution in [0.5, 0.6) is 5.75 Å². The summed E-state index contributed by atoms with van der Waals surface area (Å²) in [5, 5.41) is 3.62. The number of nitrogens with one attached hydrogen (secondary N) is 1. The Kier molecular flexibility index (Phi) is 5.84. The van der Waals surface area contributed by atoms with Gasteiger partial charge in [-0.15, -0.1) is 0 Å². The van der Waals surface area contributed by atoms with E-state index in [9.17, 15) is 0 Å². The van der Waals surface area contributed by atoms with Crippen LogP contribution < -0.4 is 10.1 Å². The normalized spacial score (nSPS) is 20.4. The molecule has 5 heteroatoms. The highest BCUT2D eigenvalue weighted by Crippen LogP contribution is 2.50. The first-order valence-electron chi connectivity index (χ1n) is 9.43. The molecule has 25 heavy (non-hydrogen) atoms. The molecule has 1 aliphatic heterocycles. The van der Waals surface area contributed by atoms with E-state index in [1.54, 1.807) is 7.11 Å². The lowest BCUT2D eigenvalue weighted by molar-refractivity contribution is 0.0263. The highest BCUT2D eigenvalue weighted by Gasteiger charge is 2.46. The smallest absolute Gasteiger partial charge is 0.193 e. The molecule has 1 N–H and O–H groups in total. The minimum atomic E-state index is 0.187. The number of piperidine rings is 1. The minimum Gasteiger partial charge on any atom is -0.496 e. The molecule has 1 aromatic rings. The lowest BCUT2D eigenvalue weighted by atomic mass is 9.95. The van der Waals surface area contributed by atoms with Crippen molar-refractivity contribution in [2.75, 3.05) is 40.4 Å². The average molecular weight is 345 g/mol. The van der Waals surface area contributed by atoms with Gasteiger partial charge in [0, 0.05) is 44.3 Å². The SMILES string of the molecule is CCOC1CCN(C(=NC)NCC2(c3ccccc3OC)CC2)CC1. The quantitative estimate of drug-likeness (QED) is 0.636. The van der Waals surface area contributed by atoms with Gasteiger partial charge in [-0.1, -0.05) is 18.2 Å². The van der Waals surface area contributed by atoms with E-state index in [1.165, 1.54) is 18.4 Å². The molecule has 2 fully saturated rings. The maximum absolute atomic E-state index is 5.75. The number of hydrogen-bond donors (Lipinski definition) is 1. The van der Waals surface area contributed by atoms with Crippen LogP contribution in [0.1, 0.15) is 38.2 Å². The van der Waals surface area contributed by atoms with E-state index < -0.39 is 0 Å². The van der Waals surface area contributed by atoms with Crippen molar-refractivity contribution in [3.63, 3.8) is 0 Å². The van der Waals surface area contributed by atoms with Gasteiger partial charge >= 0.3 is 0 Å². The first-order valence-corrected chi connectivity index (χ1v) is 9.43. The van der Waals surface area contributed by atoms with Gasteiger partial charge in [0.05, 0.1) is 13.2 Å². The summed E-state index contributed by atoms with van der Waals surface area (Å²) in [7, 11) is 3.63. The van der Waals surface area contributed by atoms with Gasteiger partial charge in [0.15, 0.2) is 5.96 Å². The summed E-state index contributed by atoms with van der Waals surface area (Å²) in [5.41, 5.74) is 1.50. The number of aliphatic imine (C=N–C) groups is 1. The zero-order chi connectivity index (χ0) is 17.7. The van der Waals surface area contributed by atoms with E-state index in [2.05, 4.69) is 40.3 Å². The topological polar surface area (TPSA) is 46.1 Å². The van der Waals surface area contributed by atoms with Crippen LogP contribution in [0.4, 0.5) is 0 Å². The highest BCUT2D eigenvalue weighted by atomic mass is 16.5. The summed E-state index contributed by atoms with van der Waals surface area (Å²) in [6, 6.07) is 8.39. The second-order valence-corrected chi connectivity index (χ2v) is 7.02. The molecule has 0 amide bonds. The molecule has 2 aliphatic rings. The molecule has 1 saturated heterocycles. The van der Waals surface area contributed by atoms with Crippen LogP contribution in [-0.2, 0) is 10.2 Å². The fourth-order valence-electron chi connectivity index (χ4n) is 3.83. The van der Waals surface area contributed by atoms with Crippen LogP contribution >= 0.6 is 0 Å². The Morgan fingerprint density at radius 3 is 2.60 bits per heavy atom. The summed E-state index contributed by atoms with van der Waals surface area (Å²) >= 11 is 0. The zero-order valence-electron chi connectivity index (χ0n) is 15.8. The average Bonchev–Trinajstić information content (AvgIpc) is 3.45. The number of benzene rings is 1. The van der Waals surface area contributed by atoms with Gasteiger partial charge < -0.3 is 19.7 Å². The molecule has 3 rings (SSSR count). The van der Waals surface area contributed by atoms with E-state index in [-0.39, 0.29) is 5.41 Å². The van der Waals surface area contributed by atoms with Crippen LogP contribution in [0.15, 0.2) is 29.3 Å². The Labute approximate surface area is 151 Å². The molecule has 0 aromatic heterocycles. The zero-order valence-corrected chi connectivity index (χ0v) is 15.8. The maximum atomic E-state index is 5.75. The molecule has 0 atom stereocenters. The van der Waals surface area contributed by atoms with Gasteiger partial charge in [0.2, 0.25) is 0 Å². The molecule has 1 heterocycles. The highest BCUT2D eigenvalue weighted by molar-refractivity contribution is 5.80. The van der Waals surface area contributed by atoms with Crippen molar-refractivity contribution < 1.29 is 9.47 Å². The van der Waals surface area contributed by atoms with Crippen LogP contribution in [0.25, 0.3) is 0 Å². The van der Waals surface area contributed by atoms with Crippen LogP contribution in [-0.4, -0.2) is 57.4 Å². The van der Waals surface area contributed by atoms with Crippen molar-refractivity contribution in [3.8, 4) is 5.75 Å². The summed E-state index contributed by atoms with van der Waals surface area (Å²) in [4.78, 5) is 6.86.